The van der Waals surface area contributed by atoms with Gasteiger partial charge in [-0.15, -0.1) is 0 Å². The van der Waals surface area contributed by atoms with Gasteiger partial charge in [-0.1, -0.05) is 28.1 Å². The summed E-state index contributed by atoms with van der Waals surface area (Å²) in [6, 6.07) is 7.87. The SMILES string of the molecule is Cc1cscc1C(=O)Cc1ccc(Br)cc1. The molecule has 0 saturated heterocycles. The first-order valence-corrected chi connectivity index (χ1v) is 6.71. The number of Topliss-reactive ketones (excluding diaryl/α,β-unsaturated/α-hetero) is 1. The summed E-state index contributed by atoms with van der Waals surface area (Å²) in [4.78, 5) is 12.0. The molecule has 0 unspecified atom stereocenters. The highest BCUT2D eigenvalue weighted by atomic mass is 79.9. The number of rotatable bonds is 3. The number of ketones is 1. The second-order valence-electron chi connectivity index (χ2n) is 3.69. The van der Waals surface area contributed by atoms with Crippen molar-refractivity contribution in [2.24, 2.45) is 0 Å². The molecule has 1 aromatic heterocycles. The highest BCUT2D eigenvalue weighted by Crippen LogP contribution is 2.17. The van der Waals surface area contributed by atoms with Crippen LogP contribution in [0.1, 0.15) is 21.5 Å². The summed E-state index contributed by atoms with van der Waals surface area (Å²) < 4.78 is 1.04. The Morgan fingerprint density at radius 1 is 1.25 bits per heavy atom. The number of carbonyl (C=O) groups is 1. The maximum absolute atomic E-state index is 12.0. The first-order chi connectivity index (χ1) is 7.66. The van der Waals surface area contributed by atoms with Crippen LogP contribution in [0.5, 0.6) is 0 Å². The zero-order valence-corrected chi connectivity index (χ0v) is 11.3. The fourth-order valence-electron chi connectivity index (χ4n) is 1.53. The number of carbonyl (C=O) groups excluding carboxylic acids is 1. The monoisotopic (exact) mass is 294 g/mol. The van der Waals surface area contributed by atoms with E-state index in [4.69, 9.17) is 0 Å². The van der Waals surface area contributed by atoms with Gasteiger partial charge in [-0.2, -0.15) is 11.3 Å². The Balaban J connectivity index is 2.14. The standard InChI is InChI=1S/C13H11BrOS/c1-9-7-16-8-12(9)13(15)6-10-2-4-11(14)5-3-10/h2-5,7-8H,6H2,1H3. The highest BCUT2D eigenvalue weighted by Gasteiger charge is 2.10. The third-order valence-electron chi connectivity index (χ3n) is 2.43. The number of hydrogen-bond acceptors (Lipinski definition) is 2. The molecule has 16 heavy (non-hydrogen) atoms. The van der Waals surface area contributed by atoms with Gasteiger partial charge in [0.15, 0.2) is 5.78 Å². The molecular weight excluding hydrogens is 284 g/mol. The average Bonchev–Trinajstić information content (AvgIpc) is 2.68. The van der Waals surface area contributed by atoms with Gasteiger partial charge in [0.05, 0.1) is 0 Å². The van der Waals surface area contributed by atoms with Gasteiger partial charge >= 0.3 is 0 Å². The molecule has 0 amide bonds. The third kappa shape index (κ3) is 2.60. The summed E-state index contributed by atoms with van der Waals surface area (Å²) in [6.07, 6.45) is 0.477. The smallest absolute Gasteiger partial charge is 0.168 e. The van der Waals surface area contributed by atoms with E-state index in [0.717, 1.165) is 21.2 Å². The van der Waals surface area contributed by atoms with Gasteiger partial charge in [0.2, 0.25) is 0 Å². The van der Waals surface area contributed by atoms with Gasteiger partial charge < -0.3 is 0 Å². The van der Waals surface area contributed by atoms with Gasteiger partial charge in [-0.25, -0.2) is 0 Å². The van der Waals surface area contributed by atoms with Gasteiger partial charge in [-0.3, -0.25) is 4.79 Å². The van der Waals surface area contributed by atoms with Crippen molar-refractivity contribution in [2.75, 3.05) is 0 Å². The van der Waals surface area contributed by atoms with Crippen molar-refractivity contribution in [3.8, 4) is 0 Å². The number of benzene rings is 1. The van der Waals surface area contributed by atoms with Crippen molar-refractivity contribution < 1.29 is 4.79 Å². The van der Waals surface area contributed by atoms with Crippen molar-refractivity contribution in [3.05, 3.63) is 56.2 Å². The Morgan fingerprint density at radius 3 is 2.50 bits per heavy atom. The van der Waals surface area contributed by atoms with E-state index >= 15 is 0 Å². The van der Waals surface area contributed by atoms with Gasteiger partial charge in [-0.05, 0) is 35.6 Å². The van der Waals surface area contributed by atoms with Crippen LogP contribution < -0.4 is 0 Å². The van der Waals surface area contributed by atoms with Crippen molar-refractivity contribution >= 4 is 33.0 Å². The molecule has 0 bridgehead atoms. The zero-order valence-electron chi connectivity index (χ0n) is 8.87. The second-order valence-corrected chi connectivity index (χ2v) is 5.35. The first-order valence-electron chi connectivity index (χ1n) is 4.97. The molecule has 0 saturated carbocycles. The molecule has 0 N–H and O–H groups in total. The van der Waals surface area contributed by atoms with Crippen LogP contribution in [-0.4, -0.2) is 5.78 Å². The summed E-state index contributed by atoms with van der Waals surface area (Å²) in [5, 5.41) is 3.94. The van der Waals surface area contributed by atoms with E-state index < -0.39 is 0 Å². The van der Waals surface area contributed by atoms with Crippen molar-refractivity contribution in [1.29, 1.82) is 0 Å². The second kappa shape index (κ2) is 4.93. The lowest BCUT2D eigenvalue weighted by atomic mass is 10.0. The fourth-order valence-corrected chi connectivity index (χ4v) is 2.65. The molecule has 0 spiro atoms. The lowest BCUT2D eigenvalue weighted by Crippen LogP contribution is -2.03. The van der Waals surface area contributed by atoms with Crippen LogP contribution in [0.15, 0.2) is 39.5 Å². The molecule has 0 aliphatic carbocycles. The fraction of sp³-hybridized carbons (Fsp3) is 0.154. The predicted molar refractivity (Wildman–Crippen MR) is 71.2 cm³/mol. The molecule has 82 valence electrons. The van der Waals surface area contributed by atoms with Crippen molar-refractivity contribution in [1.82, 2.24) is 0 Å². The molecule has 0 aliphatic rings. The third-order valence-corrected chi connectivity index (χ3v) is 3.82. The molecule has 0 fully saturated rings. The average molecular weight is 295 g/mol. The minimum atomic E-state index is 0.195. The molecule has 1 heterocycles. The molecule has 2 rings (SSSR count). The van der Waals surface area contributed by atoms with Crippen molar-refractivity contribution in [2.45, 2.75) is 13.3 Å². The van der Waals surface area contributed by atoms with Crippen LogP contribution in [0, 0.1) is 6.92 Å². The number of halogens is 1. The minimum absolute atomic E-state index is 0.195. The molecule has 0 radical (unpaired) electrons. The van der Waals surface area contributed by atoms with Crippen LogP contribution in [-0.2, 0) is 6.42 Å². The van der Waals surface area contributed by atoms with Gasteiger partial charge in [0.25, 0.3) is 0 Å². The van der Waals surface area contributed by atoms with E-state index in [1.165, 1.54) is 0 Å². The van der Waals surface area contributed by atoms with E-state index in [-0.39, 0.29) is 5.78 Å². The summed E-state index contributed by atoms with van der Waals surface area (Å²) in [5.74, 6) is 0.195. The quantitative estimate of drug-likeness (QED) is 0.774. The first kappa shape index (κ1) is 11.6. The highest BCUT2D eigenvalue weighted by molar-refractivity contribution is 9.10. The Labute approximate surface area is 107 Å². The van der Waals surface area contributed by atoms with Crippen LogP contribution >= 0.6 is 27.3 Å². The molecule has 2 aromatic rings. The number of thiophene rings is 1. The van der Waals surface area contributed by atoms with Crippen LogP contribution in [0.4, 0.5) is 0 Å². The normalized spacial score (nSPS) is 10.4. The van der Waals surface area contributed by atoms with E-state index in [0.29, 0.717) is 6.42 Å². The molecule has 3 heteroatoms. The maximum atomic E-state index is 12.0. The zero-order chi connectivity index (χ0) is 11.5. The maximum Gasteiger partial charge on any atom is 0.168 e. The van der Waals surface area contributed by atoms with Crippen LogP contribution in [0.25, 0.3) is 0 Å². The van der Waals surface area contributed by atoms with E-state index in [9.17, 15) is 4.79 Å². The van der Waals surface area contributed by atoms with Gasteiger partial charge in [0.1, 0.15) is 0 Å². The molecule has 0 atom stereocenters. The van der Waals surface area contributed by atoms with Gasteiger partial charge in [0, 0.05) is 21.8 Å². The number of hydrogen-bond donors (Lipinski definition) is 0. The largest absolute Gasteiger partial charge is 0.294 e. The van der Waals surface area contributed by atoms with E-state index in [2.05, 4.69) is 15.9 Å². The lowest BCUT2D eigenvalue weighted by molar-refractivity contribution is 0.0993. The summed E-state index contributed by atoms with van der Waals surface area (Å²) in [5.41, 5.74) is 2.99. The topological polar surface area (TPSA) is 17.1 Å². The summed E-state index contributed by atoms with van der Waals surface area (Å²) in [6.45, 7) is 1.98. The minimum Gasteiger partial charge on any atom is -0.294 e. The predicted octanol–water partition coefficient (Wildman–Crippen LogP) is 4.24. The lowest BCUT2D eigenvalue weighted by Gasteiger charge is -2.01. The van der Waals surface area contributed by atoms with Crippen LogP contribution in [0.3, 0.4) is 0 Å². The Bertz CT molecular complexity index is 499. The Hall–Kier alpha value is -0.930. The van der Waals surface area contributed by atoms with Crippen LogP contribution in [0.2, 0.25) is 0 Å². The Kier molecular flexibility index (Phi) is 3.56. The van der Waals surface area contributed by atoms with Crippen molar-refractivity contribution in [3.63, 3.8) is 0 Å². The molecule has 1 aromatic carbocycles. The van der Waals surface area contributed by atoms with E-state index in [1.807, 2.05) is 41.9 Å². The summed E-state index contributed by atoms with van der Waals surface area (Å²) in [7, 11) is 0. The number of aryl methyl sites for hydroxylation is 1. The molecule has 1 nitrogen and oxygen atoms in total. The molecule has 0 aliphatic heterocycles. The Morgan fingerprint density at radius 2 is 1.94 bits per heavy atom. The van der Waals surface area contributed by atoms with E-state index in [1.54, 1.807) is 11.3 Å². The summed E-state index contributed by atoms with van der Waals surface area (Å²) >= 11 is 4.96. The molecular formula is C13H11BrOS.